The van der Waals surface area contributed by atoms with Crippen LogP contribution in [0.25, 0.3) is 11.1 Å². The molecule has 0 aliphatic carbocycles. The minimum Gasteiger partial charge on any atom is -0.408 e. The molecule has 0 aliphatic rings. The van der Waals surface area contributed by atoms with Gasteiger partial charge in [0.1, 0.15) is 5.82 Å². The van der Waals surface area contributed by atoms with Crippen molar-refractivity contribution in [1.82, 2.24) is 24.9 Å². The predicted octanol–water partition coefficient (Wildman–Crippen LogP) is 1.44. The van der Waals surface area contributed by atoms with E-state index in [4.69, 9.17) is 4.42 Å². The summed E-state index contributed by atoms with van der Waals surface area (Å²) in [5.41, 5.74) is 1.45. The molecule has 0 radical (unpaired) electrons. The van der Waals surface area contributed by atoms with Gasteiger partial charge in [-0.2, -0.15) is 0 Å². The molecule has 0 bridgehead atoms. The SMILES string of the molecule is O=c1[nH]c2cc(S(=O)(=O)NCCNc3ccc(Nc4ccncc4)nn3)ccc2o1. The fourth-order valence-electron chi connectivity index (χ4n) is 2.63. The number of sulfonamides is 1. The fourth-order valence-corrected chi connectivity index (χ4v) is 3.69. The van der Waals surface area contributed by atoms with Crippen molar-refractivity contribution in [1.29, 1.82) is 0 Å². The normalized spacial score (nSPS) is 11.5. The number of hydrogen-bond acceptors (Lipinski definition) is 9. The van der Waals surface area contributed by atoms with Crippen molar-refractivity contribution in [3.05, 3.63) is 65.4 Å². The van der Waals surface area contributed by atoms with Crippen LogP contribution in [0.2, 0.25) is 0 Å². The molecule has 3 heterocycles. The highest BCUT2D eigenvalue weighted by Gasteiger charge is 2.15. The lowest BCUT2D eigenvalue weighted by molar-refractivity contribution is 0.555. The number of aromatic amines is 1. The van der Waals surface area contributed by atoms with Gasteiger partial charge in [0.15, 0.2) is 11.4 Å². The van der Waals surface area contributed by atoms with E-state index in [1.807, 2.05) is 12.1 Å². The lowest BCUT2D eigenvalue weighted by atomic mass is 10.3. The fraction of sp³-hybridized carbons (Fsp3) is 0.111. The topological polar surface area (TPSA) is 155 Å². The number of nitrogens with zero attached hydrogens (tertiary/aromatic N) is 3. The first-order chi connectivity index (χ1) is 14.5. The first-order valence-corrected chi connectivity index (χ1v) is 10.4. The number of rotatable bonds is 8. The van der Waals surface area contributed by atoms with E-state index in [2.05, 4.69) is 35.5 Å². The van der Waals surface area contributed by atoms with Gasteiger partial charge in [-0.05, 0) is 42.5 Å². The van der Waals surface area contributed by atoms with Crippen LogP contribution in [0.3, 0.4) is 0 Å². The minimum absolute atomic E-state index is 0.0263. The van der Waals surface area contributed by atoms with Gasteiger partial charge >= 0.3 is 5.76 Å². The number of anilines is 3. The molecule has 0 unspecified atom stereocenters. The smallest absolute Gasteiger partial charge is 0.408 e. The maximum absolute atomic E-state index is 12.4. The second-order valence-corrected chi connectivity index (χ2v) is 7.93. The average Bonchev–Trinajstić information content (AvgIpc) is 3.12. The van der Waals surface area contributed by atoms with Crippen molar-refractivity contribution in [3.8, 4) is 0 Å². The van der Waals surface area contributed by atoms with Crippen molar-refractivity contribution in [2.75, 3.05) is 23.7 Å². The van der Waals surface area contributed by atoms with Crippen molar-refractivity contribution in [3.63, 3.8) is 0 Å². The van der Waals surface area contributed by atoms with Gasteiger partial charge in [0, 0.05) is 31.2 Å². The molecule has 11 nitrogen and oxygen atoms in total. The van der Waals surface area contributed by atoms with Crippen molar-refractivity contribution < 1.29 is 12.8 Å². The highest BCUT2D eigenvalue weighted by molar-refractivity contribution is 7.89. The van der Waals surface area contributed by atoms with Gasteiger partial charge in [-0.3, -0.25) is 9.97 Å². The molecule has 4 aromatic rings. The molecule has 4 rings (SSSR count). The number of aromatic nitrogens is 4. The Bertz CT molecular complexity index is 1300. The Balaban J connectivity index is 1.30. The van der Waals surface area contributed by atoms with Gasteiger partial charge in [0.05, 0.1) is 10.4 Å². The van der Waals surface area contributed by atoms with E-state index in [0.717, 1.165) is 5.69 Å². The van der Waals surface area contributed by atoms with Crippen LogP contribution in [0.1, 0.15) is 0 Å². The number of oxazole rings is 1. The molecule has 0 saturated carbocycles. The third-order valence-corrected chi connectivity index (χ3v) is 5.50. The summed E-state index contributed by atoms with van der Waals surface area (Å²) in [6.45, 7) is 0.427. The number of nitrogens with one attached hydrogen (secondary N) is 4. The van der Waals surface area contributed by atoms with Crippen molar-refractivity contribution in [2.24, 2.45) is 0 Å². The summed E-state index contributed by atoms with van der Waals surface area (Å²) in [7, 11) is -3.74. The van der Waals surface area contributed by atoms with Crippen molar-refractivity contribution >= 4 is 38.4 Å². The first-order valence-electron chi connectivity index (χ1n) is 8.87. The average molecular weight is 427 g/mol. The molecule has 0 spiro atoms. The minimum atomic E-state index is -3.74. The summed E-state index contributed by atoms with van der Waals surface area (Å²) in [4.78, 5) is 17.6. The molecular formula is C18H17N7O4S. The Labute approximate surface area is 170 Å². The van der Waals surface area contributed by atoms with Crippen LogP contribution in [-0.2, 0) is 10.0 Å². The molecule has 0 atom stereocenters. The molecule has 0 saturated heterocycles. The predicted molar refractivity (Wildman–Crippen MR) is 110 cm³/mol. The largest absolute Gasteiger partial charge is 0.417 e. The summed E-state index contributed by atoms with van der Waals surface area (Å²) in [6.07, 6.45) is 3.33. The second kappa shape index (κ2) is 8.31. The molecular weight excluding hydrogens is 410 g/mol. The number of pyridine rings is 1. The van der Waals surface area contributed by atoms with Crippen LogP contribution in [0.4, 0.5) is 17.3 Å². The van der Waals surface area contributed by atoms with Crippen LogP contribution in [-0.4, -0.2) is 41.7 Å². The third kappa shape index (κ3) is 4.61. The van der Waals surface area contributed by atoms with E-state index in [1.165, 1.54) is 18.2 Å². The lowest BCUT2D eigenvalue weighted by Crippen LogP contribution is -2.29. The zero-order valence-corrected chi connectivity index (χ0v) is 16.3. The van der Waals surface area contributed by atoms with Crippen LogP contribution >= 0.6 is 0 Å². The van der Waals surface area contributed by atoms with Crippen LogP contribution in [0.15, 0.2) is 69.0 Å². The molecule has 4 N–H and O–H groups in total. The lowest BCUT2D eigenvalue weighted by Gasteiger charge is -2.09. The summed E-state index contributed by atoms with van der Waals surface area (Å²) in [6, 6.07) is 11.2. The van der Waals surface area contributed by atoms with E-state index in [9.17, 15) is 13.2 Å². The summed E-state index contributed by atoms with van der Waals surface area (Å²) < 4.78 is 32.2. The molecule has 0 fully saturated rings. The molecule has 154 valence electrons. The Kier molecular flexibility index (Phi) is 5.41. The van der Waals surface area contributed by atoms with Gasteiger partial charge in [-0.25, -0.2) is 17.9 Å². The van der Waals surface area contributed by atoms with Crippen LogP contribution in [0.5, 0.6) is 0 Å². The summed E-state index contributed by atoms with van der Waals surface area (Å²) >= 11 is 0. The Morgan fingerprint density at radius 1 is 0.967 bits per heavy atom. The quantitative estimate of drug-likeness (QED) is 0.306. The van der Waals surface area contributed by atoms with E-state index in [0.29, 0.717) is 29.3 Å². The number of hydrogen-bond donors (Lipinski definition) is 4. The first kappa shape index (κ1) is 19.5. The highest BCUT2D eigenvalue weighted by atomic mass is 32.2. The zero-order valence-electron chi connectivity index (χ0n) is 15.5. The van der Waals surface area contributed by atoms with Crippen LogP contribution in [0, 0.1) is 0 Å². The monoisotopic (exact) mass is 427 g/mol. The highest BCUT2D eigenvalue weighted by Crippen LogP contribution is 2.16. The van der Waals surface area contributed by atoms with Gasteiger partial charge < -0.3 is 15.1 Å². The maximum Gasteiger partial charge on any atom is 0.417 e. The molecule has 1 aromatic carbocycles. The maximum atomic E-state index is 12.4. The number of H-pyrrole nitrogens is 1. The number of fused-ring (bicyclic) bond motifs is 1. The van der Waals surface area contributed by atoms with E-state index < -0.39 is 15.8 Å². The van der Waals surface area contributed by atoms with E-state index in [1.54, 1.807) is 24.5 Å². The molecule has 12 heteroatoms. The third-order valence-electron chi connectivity index (χ3n) is 4.04. The Morgan fingerprint density at radius 3 is 2.50 bits per heavy atom. The van der Waals surface area contributed by atoms with Gasteiger partial charge in [-0.15, -0.1) is 10.2 Å². The second-order valence-electron chi connectivity index (χ2n) is 6.16. The van der Waals surface area contributed by atoms with E-state index >= 15 is 0 Å². The Hall–Kier alpha value is -3.77. The molecule has 3 aromatic heterocycles. The standard InChI is InChI=1S/C18H17N7O4S/c26-18-23-14-11-13(1-2-15(14)29-18)30(27,28)21-10-9-20-16-3-4-17(25-24-16)22-12-5-7-19-8-6-12/h1-8,11,21H,9-10H2,(H,20,24)(H,23,26)(H,19,22,25). The van der Waals surface area contributed by atoms with Crippen LogP contribution < -0.4 is 21.1 Å². The van der Waals surface area contributed by atoms with E-state index in [-0.39, 0.29) is 11.4 Å². The van der Waals surface area contributed by atoms with Crippen molar-refractivity contribution in [2.45, 2.75) is 4.90 Å². The van der Waals surface area contributed by atoms with Gasteiger partial charge in [0.2, 0.25) is 10.0 Å². The van der Waals surface area contributed by atoms with Gasteiger partial charge in [0.25, 0.3) is 0 Å². The molecule has 0 aliphatic heterocycles. The summed E-state index contributed by atoms with van der Waals surface area (Å²) in [5, 5.41) is 14.2. The number of benzene rings is 1. The summed E-state index contributed by atoms with van der Waals surface area (Å²) in [5.74, 6) is 0.437. The molecule has 30 heavy (non-hydrogen) atoms. The Morgan fingerprint density at radius 2 is 1.73 bits per heavy atom. The molecule has 0 amide bonds. The van der Waals surface area contributed by atoms with Gasteiger partial charge in [-0.1, -0.05) is 0 Å². The zero-order chi connectivity index (χ0) is 21.0.